The SMILES string of the molecule is CCc1nc(NC)cc(NCCC2CCC2)n1. The lowest BCUT2D eigenvalue weighted by atomic mass is 9.83. The van der Waals surface area contributed by atoms with Gasteiger partial charge in [-0.15, -0.1) is 0 Å². The van der Waals surface area contributed by atoms with Crippen LogP contribution < -0.4 is 10.6 Å². The Kier molecular flexibility index (Phi) is 4.18. The van der Waals surface area contributed by atoms with Crippen LogP contribution in [0.3, 0.4) is 0 Å². The highest BCUT2D eigenvalue weighted by Crippen LogP contribution is 2.29. The number of aryl methyl sites for hydroxylation is 1. The quantitative estimate of drug-likeness (QED) is 0.794. The summed E-state index contributed by atoms with van der Waals surface area (Å²) >= 11 is 0. The summed E-state index contributed by atoms with van der Waals surface area (Å²) in [5.74, 6) is 3.67. The molecule has 1 aromatic heterocycles. The van der Waals surface area contributed by atoms with Crippen LogP contribution in [0.5, 0.6) is 0 Å². The second-order valence-corrected chi connectivity index (χ2v) is 4.67. The molecule has 2 N–H and O–H groups in total. The Hall–Kier alpha value is -1.32. The third-order valence-electron chi connectivity index (χ3n) is 3.43. The first-order chi connectivity index (χ1) is 8.31. The van der Waals surface area contributed by atoms with Crippen molar-refractivity contribution in [2.45, 2.75) is 39.0 Å². The van der Waals surface area contributed by atoms with Crippen molar-refractivity contribution in [1.29, 1.82) is 0 Å². The molecule has 1 fully saturated rings. The van der Waals surface area contributed by atoms with Crippen molar-refractivity contribution in [2.24, 2.45) is 5.92 Å². The van der Waals surface area contributed by atoms with Crippen LogP contribution in [0.15, 0.2) is 6.07 Å². The summed E-state index contributed by atoms with van der Waals surface area (Å²) in [6.45, 7) is 3.10. The second-order valence-electron chi connectivity index (χ2n) is 4.67. The molecule has 1 aromatic rings. The molecule has 0 spiro atoms. The van der Waals surface area contributed by atoms with Crippen LogP contribution in [0.1, 0.15) is 38.4 Å². The lowest BCUT2D eigenvalue weighted by molar-refractivity contribution is 0.303. The van der Waals surface area contributed by atoms with E-state index in [1.54, 1.807) is 0 Å². The van der Waals surface area contributed by atoms with Crippen molar-refractivity contribution in [2.75, 3.05) is 24.2 Å². The molecule has 0 aromatic carbocycles. The monoisotopic (exact) mass is 234 g/mol. The zero-order valence-electron chi connectivity index (χ0n) is 10.8. The zero-order chi connectivity index (χ0) is 12.1. The van der Waals surface area contributed by atoms with Gasteiger partial charge in [-0.3, -0.25) is 0 Å². The Labute approximate surface area is 103 Å². The maximum atomic E-state index is 4.48. The van der Waals surface area contributed by atoms with Gasteiger partial charge in [-0.2, -0.15) is 0 Å². The fourth-order valence-electron chi connectivity index (χ4n) is 2.06. The number of rotatable bonds is 6. The van der Waals surface area contributed by atoms with Gasteiger partial charge in [0.25, 0.3) is 0 Å². The number of hydrogen-bond acceptors (Lipinski definition) is 4. The summed E-state index contributed by atoms with van der Waals surface area (Å²) in [4.78, 5) is 8.86. The molecule has 4 heteroatoms. The van der Waals surface area contributed by atoms with Crippen molar-refractivity contribution in [3.8, 4) is 0 Å². The van der Waals surface area contributed by atoms with Crippen molar-refractivity contribution < 1.29 is 0 Å². The number of aromatic nitrogens is 2. The second kappa shape index (κ2) is 5.84. The third-order valence-corrected chi connectivity index (χ3v) is 3.43. The molecule has 2 rings (SSSR count). The number of nitrogens with zero attached hydrogens (tertiary/aromatic N) is 2. The number of hydrogen-bond donors (Lipinski definition) is 2. The largest absolute Gasteiger partial charge is 0.373 e. The van der Waals surface area contributed by atoms with E-state index in [2.05, 4.69) is 27.5 Å². The van der Waals surface area contributed by atoms with Gasteiger partial charge in [0.05, 0.1) is 0 Å². The van der Waals surface area contributed by atoms with Gasteiger partial charge >= 0.3 is 0 Å². The molecule has 4 nitrogen and oxygen atoms in total. The third kappa shape index (κ3) is 3.32. The van der Waals surface area contributed by atoms with Crippen LogP contribution in [-0.4, -0.2) is 23.6 Å². The fraction of sp³-hybridized carbons (Fsp3) is 0.692. The van der Waals surface area contributed by atoms with Crippen LogP contribution >= 0.6 is 0 Å². The highest BCUT2D eigenvalue weighted by atomic mass is 15.1. The first-order valence-electron chi connectivity index (χ1n) is 6.61. The topological polar surface area (TPSA) is 49.8 Å². The Morgan fingerprint density at radius 2 is 2.06 bits per heavy atom. The Morgan fingerprint density at radius 3 is 2.65 bits per heavy atom. The minimum Gasteiger partial charge on any atom is -0.373 e. The van der Waals surface area contributed by atoms with Crippen LogP contribution in [0.2, 0.25) is 0 Å². The van der Waals surface area contributed by atoms with E-state index in [0.29, 0.717) is 0 Å². The van der Waals surface area contributed by atoms with E-state index >= 15 is 0 Å². The molecule has 0 bridgehead atoms. The van der Waals surface area contributed by atoms with Crippen LogP contribution in [0.4, 0.5) is 11.6 Å². The Balaban J connectivity index is 1.89. The van der Waals surface area contributed by atoms with Gasteiger partial charge in [0.2, 0.25) is 0 Å². The lowest BCUT2D eigenvalue weighted by Crippen LogP contribution is -2.16. The van der Waals surface area contributed by atoms with Crippen molar-refractivity contribution in [3.05, 3.63) is 11.9 Å². The number of nitrogens with one attached hydrogen (secondary N) is 2. The van der Waals surface area contributed by atoms with Gasteiger partial charge in [-0.1, -0.05) is 26.2 Å². The minimum absolute atomic E-state index is 0.868. The standard InChI is InChI=1S/C13H22N4/c1-3-11-16-12(14-2)9-13(17-11)15-8-7-10-5-4-6-10/h9-10H,3-8H2,1-2H3,(H2,14,15,16,17). The summed E-state index contributed by atoms with van der Waals surface area (Å²) < 4.78 is 0. The van der Waals surface area contributed by atoms with Gasteiger partial charge in [0.15, 0.2) is 0 Å². The molecule has 0 unspecified atom stereocenters. The minimum atomic E-state index is 0.868. The first kappa shape index (κ1) is 12.1. The van der Waals surface area contributed by atoms with Gasteiger partial charge < -0.3 is 10.6 Å². The fourth-order valence-corrected chi connectivity index (χ4v) is 2.06. The lowest BCUT2D eigenvalue weighted by Gasteiger charge is -2.25. The van der Waals surface area contributed by atoms with E-state index in [4.69, 9.17) is 0 Å². The van der Waals surface area contributed by atoms with E-state index in [1.807, 2.05) is 13.1 Å². The first-order valence-corrected chi connectivity index (χ1v) is 6.61. The normalized spacial score (nSPS) is 15.4. The molecule has 1 aliphatic carbocycles. The molecule has 1 aliphatic rings. The highest BCUT2D eigenvalue weighted by Gasteiger charge is 2.16. The summed E-state index contributed by atoms with van der Waals surface area (Å²) in [6, 6.07) is 1.97. The molecule has 94 valence electrons. The maximum Gasteiger partial charge on any atom is 0.132 e. The summed E-state index contributed by atoms with van der Waals surface area (Å²) in [5.41, 5.74) is 0. The van der Waals surface area contributed by atoms with E-state index in [1.165, 1.54) is 25.7 Å². The summed E-state index contributed by atoms with van der Waals surface area (Å²) in [7, 11) is 1.89. The average Bonchev–Trinajstić information content (AvgIpc) is 2.31. The van der Waals surface area contributed by atoms with Gasteiger partial charge in [0, 0.05) is 26.1 Å². The van der Waals surface area contributed by atoms with Crippen molar-refractivity contribution in [1.82, 2.24) is 9.97 Å². The molecule has 0 saturated heterocycles. The molecule has 0 radical (unpaired) electrons. The van der Waals surface area contributed by atoms with Gasteiger partial charge in [-0.05, 0) is 12.3 Å². The Bertz CT molecular complexity index is 338. The number of anilines is 2. The predicted octanol–water partition coefficient (Wildman–Crippen LogP) is 2.68. The van der Waals surface area contributed by atoms with Crippen LogP contribution in [-0.2, 0) is 6.42 Å². The average molecular weight is 234 g/mol. The van der Waals surface area contributed by atoms with Gasteiger partial charge in [0.1, 0.15) is 17.5 Å². The molecule has 1 heterocycles. The molecule has 0 atom stereocenters. The highest BCUT2D eigenvalue weighted by molar-refractivity contribution is 5.47. The van der Waals surface area contributed by atoms with E-state index in [-0.39, 0.29) is 0 Å². The summed E-state index contributed by atoms with van der Waals surface area (Å²) in [5, 5.41) is 6.47. The zero-order valence-corrected chi connectivity index (χ0v) is 10.8. The van der Waals surface area contributed by atoms with E-state index < -0.39 is 0 Å². The van der Waals surface area contributed by atoms with Crippen LogP contribution in [0, 0.1) is 5.92 Å². The molecular formula is C13H22N4. The van der Waals surface area contributed by atoms with E-state index in [9.17, 15) is 0 Å². The maximum absolute atomic E-state index is 4.48. The molecular weight excluding hydrogens is 212 g/mol. The molecule has 1 saturated carbocycles. The summed E-state index contributed by atoms with van der Waals surface area (Å²) in [6.07, 6.45) is 6.37. The Morgan fingerprint density at radius 1 is 1.29 bits per heavy atom. The molecule has 0 amide bonds. The smallest absolute Gasteiger partial charge is 0.132 e. The van der Waals surface area contributed by atoms with Crippen molar-refractivity contribution >= 4 is 11.6 Å². The van der Waals surface area contributed by atoms with Crippen molar-refractivity contribution in [3.63, 3.8) is 0 Å². The molecule has 0 aliphatic heterocycles. The predicted molar refractivity (Wildman–Crippen MR) is 71.4 cm³/mol. The van der Waals surface area contributed by atoms with E-state index in [0.717, 1.165) is 36.3 Å². The van der Waals surface area contributed by atoms with Gasteiger partial charge in [-0.25, -0.2) is 9.97 Å². The molecule has 17 heavy (non-hydrogen) atoms. The van der Waals surface area contributed by atoms with Crippen LogP contribution in [0.25, 0.3) is 0 Å².